The number of hydrogen-bond donors (Lipinski definition) is 0. The fourth-order valence-corrected chi connectivity index (χ4v) is 7.38. The van der Waals surface area contributed by atoms with Gasteiger partial charge in [-0.2, -0.15) is 0 Å². The van der Waals surface area contributed by atoms with Crippen LogP contribution in [0, 0.1) is 17.7 Å². The van der Waals surface area contributed by atoms with Gasteiger partial charge in [0, 0.05) is 45.9 Å². The van der Waals surface area contributed by atoms with E-state index in [1.165, 1.54) is 6.07 Å². The molecule has 6 nitrogen and oxygen atoms in total. The second-order valence-corrected chi connectivity index (χ2v) is 11.3. The topological polar surface area (TPSA) is 66.4 Å². The number of ether oxygens (including phenoxy) is 3. The molecule has 0 N–H and O–H groups in total. The molecule has 3 atom stereocenters. The fraction of sp³-hybridized carbons (Fsp3) is 0.406. The van der Waals surface area contributed by atoms with Gasteiger partial charge in [-0.3, -0.25) is 0 Å². The number of hydrogen-bond acceptors (Lipinski definition) is 6. The van der Waals surface area contributed by atoms with Crippen molar-refractivity contribution >= 4 is 10.9 Å². The van der Waals surface area contributed by atoms with Crippen LogP contribution in [0.3, 0.4) is 0 Å². The fourth-order valence-electron chi connectivity index (χ4n) is 7.38. The highest BCUT2D eigenvalue weighted by Crippen LogP contribution is 2.57. The number of halogens is 1. The molecule has 3 aliphatic rings. The van der Waals surface area contributed by atoms with Crippen molar-refractivity contribution in [2.45, 2.75) is 50.7 Å². The second kappa shape index (κ2) is 9.07. The molecule has 0 unspecified atom stereocenters. The van der Waals surface area contributed by atoms with Crippen LogP contribution < -0.4 is 4.74 Å². The van der Waals surface area contributed by atoms with Crippen molar-refractivity contribution in [3.05, 3.63) is 71.7 Å². The molecule has 2 aromatic carbocycles. The van der Waals surface area contributed by atoms with Crippen molar-refractivity contribution in [1.29, 1.82) is 0 Å². The molecule has 7 heteroatoms. The number of benzene rings is 2. The summed E-state index contributed by atoms with van der Waals surface area (Å²) in [6.45, 7) is 5.87. The van der Waals surface area contributed by atoms with Crippen LogP contribution in [0.4, 0.5) is 4.39 Å². The van der Waals surface area contributed by atoms with Gasteiger partial charge in [-0.15, -0.1) is 0 Å². The zero-order valence-electron chi connectivity index (χ0n) is 22.5. The van der Waals surface area contributed by atoms with Gasteiger partial charge < -0.3 is 14.2 Å². The van der Waals surface area contributed by atoms with Crippen LogP contribution in [-0.4, -0.2) is 41.1 Å². The van der Waals surface area contributed by atoms with Crippen molar-refractivity contribution < 1.29 is 18.6 Å². The monoisotopic (exact) mass is 525 g/mol. The maximum absolute atomic E-state index is 15.3. The molecule has 200 valence electrons. The van der Waals surface area contributed by atoms with Gasteiger partial charge in [-0.05, 0) is 43.4 Å². The van der Waals surface area contributed by atoms with Gasteiger partial charge in [0.1, 0.15) is 5.82 Å². The van der Waals surface area contributed by atoms with Crippen LogP contribution in [0.5, 0.6) is 5.88 Å². The predicted molar refractivity (Wildman–Crippen MR) is 147 cm³/mol. The molecular weight excluding hydrogens is 493 g/mol. The molecule has 1 saturated carbocycles. The van der Waals surface area contributed by atoms with E-state index in [9.17, 15) is 0 Å². The molecule has 4 aromatic rings. The Balaban J connectivity index is 1.48. The highest BCUT2D eigenvalue weighted by atomic mass is 19.1. The minimum atomic E-state index is -0.513. The molecule has 2 aromatic heterocycles. The summed E-state index contributed by atoms with van der Waals surface area (Å²) >= 11 is 0. The summed E-state index contributed by atoms with van der Waals surface area (Å²) < 4.78 is 33.3. The van der Waals surface area contributed by atoms with Crippen molar-refractivity contribution in [2.24, 2.45) is 11.8 Å². The Labute approximate surface area is 227 Å². The zero-order valence-corrected chi connectivity index (χ0v) is 22.5. The van der Waals surface area contributed by atoms with Crippen molar-refractivity contribution in [1.82, 2.24) is 15.0 Å². The first-order valence-corrected chi connectivity index (χ1v) is 13.8. The molecular formula is C32H32FN3O3. The summed E-state index contributed by atoms with van der Waals surface area (Å²) in [5.41, 5.74) is 4.64. The van der Waals surface area contributed by atoms with Gasteiger partial charge in [0.05, 0.1) is 37.2 Å². The molecule has 39 heavy (non-hydrogen) atoms. The van der Waals surface area contributed by atoms with Crippen LogP contribution in [-0.2, 0) is 21.3 Å². The van der Waals surface area contributed by atoms with Crippen LogP contribution in [0.1, 0.15) is 44.4 Å². The van der Waals surface area contributed by atoms with Crippen LogP contribution in [0.2, 0.25) is 0 Å². The number of para-hydroxylation sites is 1. The summed E-state index contributed by atoms with van der Waals surface area (Å²) in [5.74, 6) is 0.788. The van der Waals surface area contributed by atoms with Crippen molar-refractivity contribution in [3.8, 4) is 28.5 Å². The Morgan fingerprint density at radius 2 is 1.72 bits per heavy atom. The summed E-state index contributed by atoms with van der Waals surface area (Å²) in [4.78, 5) is 15.0. The Morgan fingerprint density at radius 3 is 2.51 bits per heavy atom. The van der Waals surface area contributed by atoms with E-state index in [4.69, 9.17) is 24.2 Å². The molecule has 3 heterocycles. The van der Waals surface area contributed by atoms with E-state index in [0.717, 1.165) is 53.4 Å². The average Bonchev–Trinajstić information content (AvgIpc) is 3.45. The smallest absolute Gasteiger partial charge is 0.214 e. The van der Waals surface area contributed by atoms with Gasteiger partial charge >= 0.3 is 0 Å². The van der Waals surface area contributed by atoms with E-state index in [2.05, 4.69) is 18.8 Å². The first-order valence-electron chi connectivity index (χ1n) is 13.8. The van der Waals surface area contributed by atoms with E-state index in [1.807, 2.05) is 42.5 Å². The molecule has 1 saturated heterocycles. The summed E-state index contributed by atoms with van der Waals surface area (Å²) in [6, 6.07) is 16.7. The number of pyridine rings is 1. The largest absolute Gasteiger partial charge is 0.481 e. The number of fused-ring (bicyclic) bond motifs is 4. The Morgan fingerprint density at radius 1 is 0.949 bits per heavy atom. The third-order valence-corrected chi connectivity index (χ3v) is 9.41. The third-order valence-electron chi connectivity index (χ3n) is 9.41. The van der Waals surface area contributed by atoms with Crippen LogP contribution in [0.15, 0.2) is 54.6 Å². The molecule has 1 aliphatic heterocycles. The molecule has 7 rings (SSSR count). The lowest BCUT2D eigenvalue weighted by molar-refractivity contribution is -0.234. The average molecular weight is 526 g/mol. The molecule has 0 bridgehead atoms. The summed E-state index contributed by atoms with van der Waals surface area (Å²) in [7, 11) is 1.61. The number of rotatable bonds is 3. The number of aromatic nitrogens is 3. The quantitative estimate of drug-likeness (QED) is 0.304. The first kappa shape index (κ1) is 24.6. The van der Waals surface area contributed by atoms with E-state index in [0.29, 0.717) is 42.1 Å². The minimum absolute atomic E-state index is 0.212. The van der Waals surface area contributed by atoms with Crippen LogP contribution >= 0.6 is 0 Å². The SMILES string of the molecule is COc1cc(-c2nc(-c3ccccc3F)c3c(n2)[C@]2(C)CCC4(OCCO4)[C@H](C)[C@H]2CC3)c2ccccc2n1. The number of methoxy groups -OCH3 is 1. The van der Waals surface area contributed by atoms with Gasteiger partial charge in [0.15, 0.2) is 11.6 Å². The molecule has 0 amide bonds. The van der Waals surface area contributed by atoms with Gasteiger partial charge in [0.2, 0.25) is 5.88 Å². The summed E-state index contributed by atoms with van der Waals surface area (Å²) in [6.07, 6.45) is 3.42. The lowest BCUT2D eigenvalue weighted by Gasteiger charge is -2.54. The Bertz CT molecular complexity index is 1580. The number of nitrogens with zero attached hydrogens (tertiary/aromatic N) is 3. The van der Waals surface area contributed by atoms with Crippen LogP contribution in [0.25, 0.3) is 33.5 Å². The van der Waals surface area contributed by atoms with Gasteiger partial charge in [-0.1, -0.05) is 44.2 Å². The Kier molecular flexibility index (Phi) is 5.72. The first-order chi connectivity index (χ1) is 18.9. The molecule has 2 aliphatic carbocycles. The lowest BCUT2D eigenvalue weighted by atomic mass is 9.54. The highest BCUT2D eigenvalue weighted by molar-refractivity contribution is 5.93. The van der Waals surface area contributed by atoms with Crippen molar-refractivity contribution in [3.63, 3.8) is 0 Å². The molecule has 1 spiro atoms. The Hall–Kier alpha value is -3.42. The van der Waals surface area contributed by atoms with Gasteiger partial charge in [0.25, 0.3) is 0 Å². The summed E-state index contributed by atoms with van der Waals surface area (Å²) in [5, 5.41) is 0.930. The third kappa shape index (κ3) is 3.70. The molecule has 0 radical (unpaired) electrons. The van der Waals surface area contributed by atoms with E-state index in [1.54, 1.807) is 13.2 Å². The molecule has 2 fully saturated rings. The maximum Gasteiger partial charge on any atom is 0.214 e. The standard InChI is InChI=1S/C32H32FN3O3/c1-19-24-13-12-22-28(21-9-4-6-10-25(21)33)35-30(23-18-27(37-3)34-26-11-7-5-8-20(23)26)36-29(22)31(24,2)14-15-32(19)38-16-17-39-32/h4-11,18-19,24H,12-17H2,1-3H3/t19-,24-,31-/m1/s1. The van der Waals surface area contributed by atoms with E-state index >= 15 is 4.39 Å². The highest BCUT2D eigenvalue weighted by Gasteiger charge is 2.58. The van der Waals surface area contributed by atoms with E-state index in [-0.39, 0.29) is 17.2 Å². The minimum Gasteiger partial charge on any atom is -0.481 e. The van der Waals surface area contributed by atoms with E-state index < -0.39 is 5.79 Å². The zero-order chi connectivity index (χ0) is 26.8. The second-order valence-electron chi connectivity index (χ2n) is 11.3. The maximum atomic E-state index is 15.3. The lowest BCUT2D eigenvalue weighted by Crippen LogP contribution is -2.55. The normalized spacial score (nSPS) is 25.4. The van der Waals surface area contributed by atoms with Crippen molar-refractivity contribution in [2.75, 3.05) is 20.3 Å². The van der Waals surface area contributed by atoms with Gasteiger partial charge in [-0.25, -0.2) is 19.3 Å². The predicted octanol–water partition coefficient (Wildman–Crippen LogP) is 6.50.